The van der Waals surface area contributed by atoms with E-state index in [0.29, 0.717) is 25.4 Å². The fourth-order valence-electron chi connectivity index (χ4n) is 2.93. The monoisotopic (exact) mass is 298 g/mol. The number of methoxy groups -OCH3 is 1. The van der Waals surface area contributed by atoms with Gasteiger partial charge in [0.05, 0.1) is 13.5 Å². The van der Waals surface area contributed by atoms with Crippen LogP contribution in [0.5, 0.6) is 0 Å². The van der Waals surface area contributed by atoms with Crippen LogP contribution < -0.4 is 5.73 Å². The molecule has 122 valence electrons. The fraction of sp³-hybridized carbons (Fsp3) is 0.875. The van der Waals surface area contributed by atoms with E-state index >= 15 is 0 Å². The largest absolute Gasteiger partial charge is 0.469 e. The molecule has 1 saturated carbocycles. The van der Waals surface area contributed by atoms with E-state index in [2.05, 4.69) is 18.6 Å². The Kier molecular flexibility index (Phi) is 7.15. The molecule has 21 heavy (non-hydrogen) atoms. The summed E-state index contributed by atoms with van der Waals surface area (Å²) < 4.78 is 4.65. The van der Waals surface area contributed by atoms with E-state index in [4.69, 9.17) is 5.73 Å². The van der Waals surface area contributed by atoms with Gasteiger partial charge in [0, 0.05) is 25.0 Å². The van der Waals surface area contributed by atoms with Crippen LogP contribution in [0.4, 0.5) is 0 Å². The van der Waals surface area contributed by atoms with Crippen molar-refractivity contribution in [1.82, 2.24) is 4.90 Å². The zero-order chi connectivity index (χ0) is 15.9. The van der Waals surface area contributed by atoms with Crippen LogP contribution in [0.3, 0.4) is 0 Å². The predicted octanol–water partition coefficient (Wildman–Crippen LogP) is 2.09. The number of carbonyl (C=O) groups is 2. The predicted molar refractivity (Wildman–Crippen MR) is 82.7 cm³/mol. The van der Waals surface area contributed by atoms with Crippen molar-refractivity contribution in [3.05, 3.63) is 0 Å². The van der Waals surface area contributed by atoms with Gasteiger partial charge in [-0.2, -0.15) is 0 Å². The van der Waals surface area contributed by atoms with E-state index in [0.717, 1.165) is 25.7 Å². The molecule has 0 atom stereocenters. The van der Waals surface area contributed by atoms with Crippen LogP contribution in [0.25, 0.3) is 0 Å². The lowest BCUT2D eigenvalue weighted by Gasteiger charge is -2.35. The summed E-state index contributed by atoms with van der Waals surface area (Å²) in [6.45, 7) is 5.21. The molecule has 1 aliphatic carbocycles. The molecule has 1 rings (SSSR count). The lowest BCUT2D eigenvalue weighted by Crippen LogP contribution is -2.48. The first-order valence-electron chi connectivity index (χ1n) is 8.00. The highest BCUT2D eigenvalue weighted by Gasteiger charge is 2.32. The summed E-state index contributed by atoms with van der Waals surface area (Å²) in [4.78, 5) is 25.6. The lowest BCUT2D eigenvalue weighted by atomic mass is 9.80. The minimum absolute atomic E-state index is 0.0667. The van der Waals surface area contributed by atoms with Gasteiger partial charge >= 0.3 is 5.97 Å². The Morgan fingerprint density at radius 1 is 1.24 bits per heavy atom. The van der Waals surface area contributed by atoms with Gasteiger partial charge in [0.25, 0.3) is 0 Å². The summed E-state index contributed by atoms with van der Waals surface area (Å²) in [7, 11) is 1.37. The van der Waals surface area contributed by atoms with Crippen molar-refractivity contribution in [2.75, 3.05) is 20.2 Å². The van der Waals surface area contributed by atoms with Gasteiger partial charge in [-0.25, -0.2) is 0 Å². The molecule has 0 aromatic rings. The third-order valence-corrected chi connectivity index (χ3v) is 4.10. The minimum Gasteiger partial charge on any atom is -0.469 e. The van der Waals surface area contributed by atoms with Crippen LogP contribution in [0.2, 0.25) is 0 Å². The SMILES string of the molecule is COC(=O)CCN(CC(C)C)C(=O)CC1(N)CCCCC1. The van der Waals surface area contributed by atoms with Crippen molar-refractivity contribution in [3.63, 3.8) is 0 Å². The van der Waals surface area contributed by atoms with Crippen molar-refractivity contribution < 1.29 is 14.3 Å². The van der Waals surface area contributed by atoms with Gasteiger partial charge in [-0.05, 0) is 18.8 Å². The molecular formula is C16H30N2O3. The number of amides is 1. The third kappa shape index (κ3) is 6.46. The first-order valence-corrected chi connectivity index (χ1v) is 8.00. The van der Waals surface area contributed by atoms with Crippen molar-refractivity contribution in [3.8, 4) is 0 Å². The molecule has 0 aromatic carbocycles. The second-order valence-corrected chi connectivity index (χ2v) is 6.66. The molecule has 2 N–H and O–H groups in total. The summed E-state index contributed by atoms with van der Waals surface area (Å²) in [5, 5.41) is 0. The number of ether oxygens (including phenoxy) is 1. The number of hydrogen-bond acceptors (Lipinski definition) is 4. The summed E-state index contributed by atoms with van der Waals surface area (Å²) in [5.74, 6) is 0.153. The zero-order valence-electron chi connectivity index (χ0n) is 13.7. The third-order valence-electron chi connectivity index (χ3n) is 4.10. The second kappa shape index (κ2) is 8.37. The molecule has 5 heteroatoms. The number of hydrogen-bond donors (Lipinski definition) is 1. The summed E-state index contributed by atoms with van der Waals surface area (Å²) in [6, 6.07) is 0. The molecule has 1 amide bonds. The molecule has 0 heterocycles. The van der Waals surface area contributed by atoms with Crippen LogP contribution in [0.15, 0.2) is 0 Å². The number of esters is 1. The number of nitrogens with zero attached hydrogens (tertiary/aromatic N) is 1. The first kappa shape index (κ1) is 18.0. The highest BCUT2D eigenvalue weighted by molar-refractivity contribution is 5.78. The molecular weight excluding hydrogens is 268 g/mol. The molecule has 0 aromatic heterocycles. The van der Waals surface area contributed by atoms with Crippen LogP contribution >= 0.6 is 0 Å². The quantitative estimate of drug-likeness (QED) is 0.730. The lowest BCUT2D eigenvalue weighted by molar-refractivity contribution is -0.142. The molecule has 0 spiro atoms. The van der Waals surface area contributed by atoms with Crippen LogP contribution in [0, 0.1) is 5.92 Å². The van der Waals surface area contributed by atoms with Gasteiger partial charge < -0.3 is 15.4 Å². The summed E-state index contributed by atoms with van der Waals surface area (Å²) in [5.41, 5.74) is 6.02. The maximum absolute atomic E-state index is 12.5. The van der Waals surface area contributed by atoms with Crippen LogP contribution in [-0.4, -0.2) is 42.5 Å². The van der Waals surface area contributed by atoms with Gasteiger partial charge in [-0.15, -0.1) is 0 Å². The maximum Gasteiger partial charge on any atom is 0.307 e. The van der Waals surface area contributed by atoms with E-state index < -0.39 is 0 Å². The molecule has 0 radical (unpaired) electrons. The molecule has 1 aliphatic rings. The smallest absolute Gasteiger partial charge is 0.307 e. The number of nitrogens with two attached hydrogens (primary N) is 1. The van der Waals surface area contributed by atoms with Gasteiger partial charge in [0.1, 0.15) is 0 Å². The van der Waals surface area contributed by atoms with E-state index in [-0.39, 0.29) is 23.8 Å². The average molecular weight is 298 g/mol. The maximum atomic E-state index is 12.5. The minimum atomic E-state index is -0.351. The Balaban J connectivity index is 2.59. The Hall–Kier alpha value is -1.10. The molecule has 5 nitrogen and oxygen atoms in total. The average Bonchev–Trinajstić information content (AvgIpc) is 2.42. The molecule has 0 aliphatic heterocycles. The first-order chi connectivity index (χ1) is 9.86. The van der Waals surface area contributed by atoms with Crippen LogP contribution in [-0.2, 0) is 14.3 Å². The topological polar surface area (TPSA) is 72.6 Å². The van der Waals surface area contributed by atoms with Crippen molar-refractivity contribution in [2.24, 2.45) is 11.7 Å². The Morgan fingerprint density at radius 2 is 1.86 bits per heavy atom. The van der Waals surface area contributed by atoms with E-state index in [1.807, 2.05) is 0 Å². The van der Waals surface area contributed by atoms with Crippen molar-refractivity contribution >= 4 is 11.9 Å². The molecule has 0 saturated heterocycles. The summed E-state index contributed by atoms with van der Waals surface area (Å²) >= 11 is 0. The highest BCUT2D eigenvalue weighted by atomic mass is 16.5. The van der Waals surface area contributed by atoms with Crippen molar-refractivity contribution in [1.29, 1.82) is 0 Å². The van der Waals surface area contributed by atoms with E-state index in [1.54, 1.807) is 4.90 Å². The molecule has 0 bridgehead atoms. The number of carbonyl (C=O) groups excluding carboxylic acids is 2. The van der Waals surface area contributed by atoms with Gasteiger partial charge in [-0.1, -0.05) is 33.1 Å². The standard InChI is InChI=1S/C16H30N2O3/c1-13(2)12-18(10-7-15(20)21-3)14(19)11-16(17)8-5-4-6-9-16/h13H,4-12,17H2,1-3H3. The zero-order valence-corrected chi connectivity index (χ0v) is 13.7. The van der Waals surface area contributed by atoms with Crippen molar-refractivity contribution in [2.45, 2.75) is 64.3 Å². The van der Waals surface area contributed by atoms with Crippen LogP contribution in [0.1, 0.15) is 58.8 Å². The normalized spacial score (nSPS) is 17.6. The van der Waals surface area contributed by atoms with Gasteiger partial charge in [0.15, 0.2) is 0 Å². The Morgan fingerprint density at radius 3 is 2.38 bits per heavy atom. The second-order valence-electron chi connectivity index (χ2n) is 6.66. The Bertz CT molecular complexity index is 349. The van der Waals surface area contributed by atoms with Gasteiger partial charge in [-0.3, -0.25) is 9.59 Å². The van der Waals surface area contributed by atoms with E-state index in [1.165, 1.54) is 13.5 Å². The summed E-state index contributed by atoms with van der Waals surface area (Å²) in [6.07, 6.45) is 5.90. The highest BCUT2D eigenvalue weighted by Crippen LogP contribution is 2.29. The molecule has 0 unspecified atom stereocenters. The Labute approximate surface area is 128 Å². The fourth-order valence-corrected chi connectivity index (χ4v) is 2.93. The van der Waals surface area contributed by atoms with E-state index in [9.17, 15) is 9.59 Å². The number of rotatable bonds is 7. The molecule has 1 fully saturated rings. The van der Waals surface area contributed by atoms with Gasteiger partial charge in [0.2, 0.25) is 5.91 Å².